The lowest BCUT2D eigenvalue weighted by Crippen LogP contribution is -2.02. The van der Waals surface area contributed by atoms with Crippen molar-refractivity contribution in [1.82, 2.24) is 4.98 Å². The van der Waals surface area contributed by atoms with Crippen LogP contribution in [0.5, 0.6) is 5.75 Å². The third-order valence-corrected chi connectivity index (χ3v) is 2.76. The molecule has 2 aromatic rings. The molecule has 1 aromatic heterocycles. The molecule has 0 aliphatic heterocycles. The van der Waals surface area contributed by atoms with Gasteiger partial charge in [0.25, 0.3) is 0 Å². The molecule has 1 N–H and O–H groups in total. The Morgan fingerprint density at radius 1 is 1.33 bits per heavy atom. The Morgan fingerprint density at radius 3 is 2.83 bits per heavy atom. The second kappa shape index (κ2) is 5.85. The zero-order valence-corrected chi connectivity index (χ0v) is 10.8. The van der Waals surface area contributed by atoms with Crippen LogP contribution in [-0.4, -0.2) is 10.1 Å². The second-order valence-corrected chi connectivity index (χ2v) is 4.40. The van der Waals surface area contributed by atoms with Crippen LogP contribution in [-0.2, 0) is 6.61 Å². The first-order chi connectivity index (χ1) is 8.66. The van der Waals surface area contributed by atoms with E-state index in [4.69, 9.17) is 16.3 Å². The summed E-state index contributed by atoms with van der Waals surface area (Å²) in [5.41, 5.74) is 1.52. The number of aliphatic hydroxyl groups excluding tert-OH is 1. The Balaban J connectivity index is 2.14. The molecule has 0 fully saturated rings. The van der Waals surface area contributed by atoms with Crippen molar-refractivity contribution < 1.29 is 9.84 Å². The number of aliphatic hydroxyl groups is 1. The first-order valence-electron chi connectivity index (χ1n) is 5.67. The molecule has 0 aliphatic carbocycles. The van der Waals surface area contributed by atoms with E-state index in [0.717, 1.165) is 5.69 Å². The van der Waals surface area contributed by atoms with Crippen LogP contribution in [0.1, 0.15) is 24.3 Å². The van der Waals surface area contributed by atoms with Crippen molar-refractivity contribution >= 4 is 11.6 Å². The predicted molar refractivity (Wildman–Crippen MR) is 70.7 cm³/mol. The first-order valence-corrected chi connectivity index (χ1v) is 6.05. The molecular weight excluding hydrogens is 250 g/mol. The van der Waals surface area contributed by atoms with E-state index in [0.29, 0.717) is 22.9 Å². The van der Waals surface area contributed by atoms with Crippen LogP contribution in [0.25, 0.3) is 0 Å². The number of pyridine rings is 1. The third kappa shape index (κ3) is 3.22. The van der Waals surface area contributed by atoms with Crippen LogP contribution in [0.4, 0.5) is 0 Å². The smallest absolute Gasteiger partial charge is 0.130 e. The second-order valence-electron chi connectivity index (χ2n) is 3.97. The lowest BCUT2D eigenvalue weighted by atomic mass is 10.1. The van der Waals surface area contributed by atoms with Crippen molar-refractivity contribution in [3.63, 3.8) is 0 Å². The van der Waals surface area contributed by atoms with Crippen molar-refractivity contribution in [2.75, 3.05) is 0 Å². The predicted octanol–water partition coefficient (Wildman–Crippen LogP) is 3.37. The molecule has 18 heavy (non-hydrogen) atoms. The maximum Gasteiger partial charge on any atom is 0.130 e. The van der Waals surface area contributed by atoms with Gasteiger partial charge in [-0.2, -0.15) is 0 Å². The summed E-state index contributed by atoms with van der Waals surface area (Å²) in [6.45, 7) is 2.04. The van der Waals surface area contributed by atoms with Crippen LogP contribution in [0.3, 0.4) is 0 Å². The maximum atomic E-state index is 9.67. The number of hydrogen-bond acceptors (Lipinski definition) is 3. The number of nitrogens with zero attached hydrogens (tertiary/aromatic N) is 1. The van der Waals surface area contributed by atoms with E-state index in [-0.39, 0.29) is 0 Å². The molecule has 3 nitrogen and oxygen atoms in total. The highest BCUT2D eigenvalue weighted by Gasteiger charge is 2.10. The SMILES string of the molecule is CC(O)c1cc(Cl)ccc1OCc1ccccn1. The van der Waals surface area contributed by atoms with E-state index in [1.807, 2.05) is 18.2 Å². The van der Waals surface area contributed by atoms with E-state index < -0.39 is 6.10 Å². The van der Waals surface area contributed by atoms with Gasteiger partial charge in [0, 0.05) is 16.8 Å². The quantitative estimate of drug-likeness (QED) is 0.920. The number of benzene rings is 1. The molecular formula is C14H14ClNO2. The summed E-state index contributed by atoms with van der Waals surface area (Å²) in [7, 11) is 0. The summed E-state index contributed by atoms with van der Waals surface area (Å²) >= 11 is 5.90. The average Bonchev–Trinajstić information content (AvgIpc) is 2.38. The van der Waals surface area contributed by atoms with E-state index in [2.05, 4.69) is 4.98 Å². The topological polar surface area (TPSA) is 42.4 Å². The first kappa shape index (κ1) is 12.9. The third-order valence-electron chi connectivity index (χ3n) is 2.52. The van der Waals surface area contributed by atoms with Crippen LogP contribution >= 0.6 is 11.6 Å². The van der Waals surface area contributed by atoms with Crippen molar-refractivity contribution in [1.29, 1.82) is 0 Å². The normalized spacial score (nSPS) is 12.2. The van der Waals surface area contributed by atoms with E-state index in [9.17, 15) is 5.11 Å². The lowest BCUT2D eigenvalue weighted by molar-refractivity contribution is 0.190. The van der Waals surface area contributed by atoms with Crippen LogP contribution in [0.2, 0.25) is 5.02 Å². The molecule has 0 saturated heterocycles. The molecule has 0 aliphatic rings. The molecule has 94 valence electrons. The molecule has 0 radical (unpaired) electrons. The Kier molecular flexibility index (Phi) is 4.18. The summed E-state index contributed by atoms with van der Waals surface area (Å²) < 4.78 is 5.66. The molecule has 0 amide bonds. The molecule has 4 heteroatoms. The van der Waals surface area contributed by atoms with Gasteiger partial charge in [-0.25, -0.2) is 0 Å². The van der Waals surface area contributed by atoms with Crippen molar-refractivity contribution in [3.8, 4) is 5.75 Å². The Hall–Kier alpha value is -1.58. The van der Waals surface area contributed by atoms with Gasteiger partial charge in [-0.3, -0.25) is 4.98 Å². The van der Waals surface area contributed by atoms with Gasteiger partial charge in [-0.15, -0.1) is 0 Å². The standard InChI is InChI=1S/C14H14ClNO2/c1-10(17)13-8-11(15)5-6-14(13)18-9-12-4-2-3-7-16-12/h2-8,10,17H,9H2,1H3. The highest BCUT2D eigenvalue weighted by molar-refractivity contribution is 6.30. The van der Waals surface area contributed by atoms with Crippen LogP contribution in [0.15, 0.2) is 42.6 Å². The van der Waals surface area contributed by atoms with E-state index in [1.54, 1.807) is 31.3 Å². The zero-order valence-electron chi connectivity index (χ0n) is 10.0. The molecule has 1 heterocycles. The van der Waals surface area contributed by atoms with Gasteiger partial charge in [-0.1, -0.05) is 17.7 Å². The minimum absolute atomic E-state index is 0.363. The van der Waals surface area contributed by atoms with Crippen molar-refractivity contribution in [2.24, 2.45) is 0 Å². The number of ether oxygens (including phenoxy) is 1. The van der Waals surface area contributed by atoms with Gasteiger partial charge in [0.15, 0.2) is 0 Å². The summed E-state index contributed by atoms with van der Waals surface area (Å²) in [4.78, 5) is 4.17. The molecule has 0 bridgehead atoms. The highest BCUT2D eigenvalue weighted by Crippen LogP contribution is 2.28. The van der Waals surface area contributed by atoms with E-state index >= 15 is 0 Å². The molecule has 1 unspecified atom stereocenters. The number of aromatic nitrogens is 1. The summed E-state index contributed by atoms with van der Waals surface area (Å²) in [6.07, 6.45) is 1.10. The Morgan fingerprint density at radius 2 is 2.17 bits per heavy atom. The fourth-order valence-electron chi connectivity index (χ4n) is 1.61. The zero-order chi connectivity index (χ0) is 13.0. The summed E-state index contributed by atoms with van der Waals surface area (Å²) in [5.74, 6) is 0.625. The van der Waals surface area contributed by atoms with Crippen LogP contribution < -0.4 is 4.74 Å². The minimum atomic E-state index is -0.623. The number of halogens is 1. The molecule has 0 spiro atoms. The molecule has 1 atom stereocenters. The summed E-state index contributed by atoms with van der Waals surface area (Å²) in [5, 5.41) is 10.3. The highest BCUT2D eigenvalue weighted by atomic mass is 35.5. The summed E-state index contributed by atoms with van der Waals surface area (Å²) in [6, 6.07) is 10.8. The molecule has 2 rings (SSSR count). The molecule has 1 aromatic carbocycles. The lowest BCUT2D eigenvalue weighted by Gasteiger charge is -2.13. The fraction of sp³-hybridized carbons (Fsp3) is 0.214. The van der Waals surface area contributed by atoms with Crippen LogP contribution in [0, 0.1) is 0 Å². The maximum absolute atomic E-state index is 9.67. The van der Waals surface area contributed by atoms with Gasteiger partial charge >= 0.3 is 0 Å². The average molecular weight is 264 g/mol. The van der Waals surface area contributed by atoms with Crippen molar-refractivity contribution in [2.45, 2.75) is 19.6 Å². The fourth-order valence-corrected chi connectivity index (χ4v) is 1.79. The monoisotopic (exact) mass is 263 g/mol. The largest absolute Gasteiger partial charge is 0.487 e. The van der Waals surface area contributed by atoms with E-state index in [1.165, 1.54) is 0 Å². The van der Waals surface area contributed by atoms with Gasteiger partial charge in [0.2, 0.25) is 0 Å². The van der Waals surface area contributed by atoms with Gasteiger partial charge < -0.3 is 9.84 Å². The Bertz CT molecular complexity index is 514. The minimum Gasteiger partial charge on any atom is -0.487 e. The van der Waals surface area contributed by atoms with Gasteiger partial charge in [0.1, 0.15) is 12.4 Å². The van der Waals surface area contributed by atoms with Crippen molar-refractivity contribution in [3.05, 3.63) is 58.9 Å². The number of hydrogen-bond donors (Lipinski definition) is 1. The van der Waals surface area contributed by atoms with Gasteiger partial charge in [0.05, 0.1) is 11.8 Å². The van der Waals surface area contributed by atoms with Gasteiger partial charge in [-0.05, 0) is 37.3 Å². The number of rotatable bonds is 4. The Labute approximate surface area is 111 Å². The molecule has 0 saturated carbocycles.